The fourth-order valence-corrected chi connectivity index (χ4v) is 0.429. The molecule has 0 saturated heterocycles. The summed E-state index contributed by atoms with van der Waals surface area (Å²) >= 11 is 0. The summed E-state index contributed by atoms with van der Waals surface area (Å²) < 4.78 is 0. The number of hydrogen-bond donors (Lipinski definition) is 2. The number of allylic oxidation sites excluding steroid dienone is 1. The van der Waals surface area contributed by atoms with E-state index in [9.17, 15) is 4.79 Å². The minimum absolute atomic E-state index is 0.725. The summed E-state index contributed by atoms with van der Waals surface area (Å²) in [7, 11) is 0. The van der Waals surface area contributed by atoms with Crippen molar-refractivity contribution in [2.75, 3.05) is 0 Å². The molecule has 1 unspecified atom stereocenters. The smallest absolute Gasteiger partial charge is 0.253 e. The first-order valence-corrected chi connectivity index (χ1v) is 3.20. The average Bonchev–Trinajstić information content (AvgIpc) is 1.84. The number of carbonyl (C=O) groups is 1. The molecule has 0 rings (SSSR count). The highest BCUT2D eigenvalue weighted by Crippen LogP contribution is 2.03. The standard InChI is InChI=1S/C7H13NO2/c1-3-4-5-7(2,10)6(8)9/h4-5,10H,3H2,1-2H3,(H2,8,9)/b5-4-. The van der Waals surface area contributed by atoms with Gasteiger partial charge in [-0.25, -0.2) is 0 Å². The molecule has 0 heterocycles. The van der Waals surface area contributed by atoms with E-state index < -0.39 is 11.5 Å². The van der Waals surface area contributed by atoms with Crippen LogP contribution in [0.15, 0.2) is 12.2 Å². The Morgan fingerprint density at radius 3 is 2.60 bits per heavy atom. The summed E-state index contributed by atoms with van der Waals surface area (Å²) in [6.45, 7) is 3.27. The van der Waals surface area contributed by atoms with Crippen LogP contribution in [0.4, 0.5) is 0 Å². The zero-order valence-electron chi connectivity index (χ0n) is 6.29. The molecule has 0 aliphatic rings. The maximum Gasteiger partial charge on any atom is 0.253 e. The summed E-state index contributed by atoms with van der Waals surface area (Å²) in [4.78, 5) is 10.4. The maximum atomic E-state index is 10.4. The first kappa shape index (κ1) is 9.17. The van der Waals surface area contributed by atoms with Crippen molar-refractivity contribution in [1.82, 2.24) is 0 Å². The van der Waals surface area contributed by atoms with E-state index >= 15 is 0 Å². The van der Waals surface area contributed by atoms with Gasteiger partial charge >= 0.3 is 0 Å². The highest BCUT2D eigenvalue weighted by molar-refractivity contribution is 5.84. The van der Waals surface area contributed by atoms with Crippen LogP contribution in [0.2, 0.25) is 0 Å². The number of aliphatic hydroxyl groups is 1. The van der Waals surface area contributed by atoms with Crippen molar-refractivity contribution in [3.63, 3.8) is 0 Å². The van der Waals surface area contributed by atoms with Gasteiger partial charge in [0.05, 0.1) is 0 Å². The normalized spacial score (nSPS) is 17.1. The predicted octanol–water partition coefficient (Wildman–Crippen LogP) is 0.189. The summed E-state index contributed by atoms with van der Waals surface area (Å²) in [5.74, 6) is -0.725. The summed E-state index contributed by atoms with van der Waals surface area (Å²) in [6, 6.07) is 0. The monoisotopic (exact) mass is 143 g/mol. The van der Waals surface area contributed by atoms with Crippen LogP contribution in [0, 0.1) is 0 Å². The molecule has 0 aromatic rings. The third-order valence-corrected chi connectivity index (χ3v) is 1.18. The van der Waals surface area contributed by atoms with Gasteiger partial charge in [-0.15, -0.1) is 0 Å². The van der Waals surface area contributed by atoms with Crippen molar-refractivity contribution >= 4 is 5.91 Å². The highest BCUT2D eigenvalue weighted by atomic mass is 16.3. The average molecular weight is 143 g/mol. The van der Waals surface area contributed by atoms with Crippen molar-refractivity contribution in [1.29, 1.82) is 0 Å². The second kappa shape index (κ2) is 3.37. The van der Waals surface area contributed by atoms with Crippen LogP contribution < -0.4 is 5.73 Å². The van der Waals surface area contributed by atoms with Gasteiger partial charge in [0.2, 0.25) is 0 Å². The lowest BCUT2D eigenvalue weighted by Gasteiger charge is -2.12. The molecule has 3 N–H and O–H groups in total. The first-order chi connectivity index (χ1) is 4.50. The molecule has 0 aromatic carbocycles. The Hall–Kier alpha value is -0.830. The number of primary amides is 1. The molecule has 0 spiro atoms. The Bertz CT molecular complexity index is 150. The van der Waals surface area contributed by atoms with Crippen LogP contribution in [0.5, 0.6) is 0 Å². The third-order valence-electron chi connectivity index (χ3n) is 1.18. The zero-order valence-corrected chi connectivity index (χ0v) is 6.29. The highest BCUT2D eigenvalue weighted by Gasteiger charge is 2.22. The fraction of sp³-hybridized carbons (Fsp3) is 0.571. The van der Waals surface area contributed by atoms with Gasteiger partial charge in [0.15, 0.2) is 5.60 Å². The third kappa shape index (κ3) is 2.64. The number of hydrogen-bond acceptors (Lipinski definition) is 2. The van der Waals surface area contributed by atoms with Gasteiger partial charge in [-0.1, -0.05) is 13.0 Å². The Morgan fingerprint density at radius 1 is 1.80 bits per heavy atom. The fourth-order valence-electron chi connectivity index (χ4n) is 0.429. The molecule has 0 saturated carbocycles. The van der Waals surface area contributed by atoms with Gasteiger partial charge in [0.25, 0.3) is 5.91 Å². The van der Waals surface area contributed by atoms with Gasteiger partial charge < -0.3 is 10.8 Å². The van der Waals surface area contributed by atoms with Crippen molar-refractivity contribution < 1.29 is 9.90 Å². The van der Waals surface area contributed by atoms with Crippen molar-refractivity contribution in [3.8, 4) is 0 Å². The lowest BCUT2D eigenvalue weighted by molar-refractivity contribution is -0.130. The van der Waals surface area contributed by atoms with E-state index in [4.69, 9.17) is 10.8 Å². The number of amides is 1. The van der Waals surface area contributed by atoms with Gasteiger partial charge in [-0.05, 0) is 19.4 Å². The molecule has 3 heteroatoms. The summed E-state index contributed by atoms with van der Waals surface area (Å²) in [5, 5.41) is 9.16. The van der Waals surface area contributed by atoms with Gasteiger partial charge in [-0.3, -0.25) is 4.79 Å². The van der Waals surface area contributed by atoms with Crippen molar-refractivity contribution in [2.24, 2.45) is 5.73 Å². The quantitative estimate of drug-likeness (QED) is 0.554. The maximum absolute atomic E-state index is 10.4. The zero-order chi connectivity index (χ0) is 8.20. The van der Waals surface area contributed by atoms with E-state index in [2.05, 4.69) is 0 Å². The summed E-state index contributed by atoms with van der Waals surface area (Å²) in [5.41, 5.74) is 3.38. The topological polar surface area (TPSA) is 63.3 Å². The Balaban J connectivity index is 4.12. The molecule has 3 nitrogen and oxygen atoms in total. The van der Waals surface area contributed by atoms with Crippen LogP contribution in [0.25, 0.3) is 0 Å². The van der Waals surface area contributed by atoms with Crippen LogP contribution in [0.1, 0.15) is 20.3 Å². The van der Waals surface area contributed by atoms with Gasteiger partial charge in [0, 0.05) is 0 Å². The van der Waals surface area contributed by atoms with Crippen molar-refractivity contribution in [3.05, 3.63) is 12.2 Å². The van der Waals surface area contributed by atoms with Crippen molar-refractivity contribution in [2.45, 2.75) is 25.9 Å². The Morgan fingerprint density at radius 2 is 2.30 bits per heavy atom. The Labute approximate surface area is 60.5 Å². The molecular weight excluding hydrogens is 130 g/mol. The largest absolute Gasteiger partial charge is 0.376 e. The molecular formula is C7H13NO2. The molecule has 0 aliphatic carbocycles. The van der Waals surface area contributed by atoms with E-state index in [-0.39, 0.29) is 0 Å². The van der Waals surface area contributed by atoms with E-state index in [1.54, 1.807) is 6.08 Å². The lowest BCUT2D eigenvalue weighted by atomic mass is 10.1. The van der Waals surface area contributed by atoms with E-state index in [1.807, 2.05) is 6.92 Å². The molecule has 0 bridgehead atoms. The first-order valence-electron chi connectivity index (χ1n) is 3.20. The molecule has 0 radical (unpaired) electrons. The van der Waals surface area contributed by atoms with E-state index in [0.29, 0.717) is 0 Å². The second-order valence-electron chi connectivity index (χ2n) is 2.32. The minimum Gasteiger partial charge on any atom is -0.376 e. The van der Waals surface area contributed by atoms with Crippen LogP contribution >= 0.6 is 0 Å². The molecule has 1 amide bonds. The SMILES string of the molecule is CC/C=C\C(C)(O)C(N)=O. The number of carbonyl (C=O) groups excluding carboxylic acids is 1. The van der Waals surface area contributed by atoms with E-state index in [1.165, 1.54) is 13.0 Å². The van der Waals surface area contributed by atoms with Crippen LogP contribution in [-0.2, 0) is 4.79 Å². The second-order valence-corrected chi connectivity index (χ2v) is 2.32. The number of nitrogens with two attached hydrogens (primary N) is 1. The minimum atomic E-state index is -1.49. The predicted molar refractivity (Wildman–Crippen MR) is 39.2 cm³/mol. The molecule has 58 valence electrons. The Kier molecular flexibility index (Phi) is 3.09. The lowest BCUT2D eigenvalue weighted by Crippen LogP contribution is -2.38. The van der Waals surface area contributed by atoms with Gasteiger partial charge in [-0.2, -0.15) is 0 Å². The molecule has 0 aromatic heterocycles. The molecule has 10 heavy (non-hydrogen) atoms. The number of rotatable bonds is 3. The van der Waals surface area contributed by atoms with Gasteiger partial charge in [0.1, 0.15) is 0 Å². The molecule has 0 fully saturated rings. The summed E-state index contributed by atoms with van der Waals surface area (Å²) in [6.07, 6.45) is 3.88. The van der Waals surface area contributed by atoms with E-state index in [0.717, 1.165) is 6.42 Å². The molecule has 1 atom stereocenters. The molecule has 0 aliphatic heterocycles. The van der Waals surface area contributed by atoms with Crippen LogP contribution in [-0.4, -0.2) is 16.6 Å². The van der Waals surface area contributed by atoms with Crippen LogP contribution in [0.3, 0.4) is 0 Å².